The fourth-order valence-electron chi connectivity index (χ4n) is 2.32. The predicted octanol–water partition coefficient (Wildman–Crippen LogP) is 2.45. The van der Waals surface area contributed by atoms with Crippen molar-refractivity contribution in [2.24, 2.45) is 5.92 Å². The third kappa shape index (κ3) is 3.56. The number of hydrogen-bond donors (Lipinski definition) is 1. The molecule has 1 aromatic heterocycles. The van der Waals surface area contributed by atoms with Crippen LogP contribution in [-0.2, 0) is 4.74 Å². The van der Waals surface area contributed by atoms with Gasteiger partial charge in [-0.2, -0.15) is 0 Å². The van der Waals surface area contributed by atoms with Gasteiger partial charge in [-0.25, -0.2) is 9.97 Å². The quantitative estimate of drug-likeness (QED) is 0.886. The summed E-state index contributed by atoms with van der Waals surface area (Å²) in [5.74, 6) is 2.46. The molecule has 0 unspecified atom stereocenters. The van der Waals surface area contributed by atoms with E-state index in [-0.39, 0.29) is 0 Å². The highest BCUT2D eigenvalue weighted by atomic mass is 16.5. The molecule has 0 saturated carbocycles. The number of hydrogen-bond acceptors (Lipinski definition) is 5. The summed E-state index contributed by atoms with van der Waals surface area (Å²) in [5, 5.41) is 3.10. The van der Waals surface area contributed by atoms with E-state index in [1.54, 1.807) is 6.33 Å². The minimum Gasteiger partial charge on any atom is -0.477 e. The van der Waals surface area contributed by atoms with Gasteiger partial charge < -0.3 is 14.8 Å². The molecule has 1 aliphatic heterocycles. The smallest absolute Gasteiger partial charge is 0.222 e. The highest BCUT2D eigenvalue weighted by Gasteiger charge is 2.18. The van der Waals surface area contributed by atoms with E-state index in [1.165, 1.54) is 0 Å². The lowest BCUT2D eigenvalue weighted by Crippen LogP contribution is -2.22. The zero-order valence-electron chi connectivity index (χ0n) is 12.0. The lowest BCUT2D eigenvalue weighted by molar-refractivity contribution is 0.0488. The van der Waals surface area contributed by atoms with E-state index in [9.17, 15) is 0 Å². The maximum absolute atomic E-state index is 5.93. The lowest BCUT2D eigenvalue weighted by atomic mass is 10.0. The molecular formula is C14H23N3O2. The Hall–Kier alpha value is -1.36. The maximum atomic E-state index is 5.93. The highest BCUT2D eigenvalue weighted by molar-refractivity contribution is 5.50. The zero-order chi connectivity index (χ0) is 13.7. The molecule has 1 saturated heterocycles. The summed E-state index contributed by atoms with van der Waals surface area (Å²) in [6.45, 7) is 6.65. The van der Waals surface area contributed by atoms with Crippen molar-refractivity contribution in [3.05, 3.63) is 11.9 Å². The monoisotopic (exact) mass is 265 g/mol. The number of ether oxygens (including phenoxy) is 2. The van der Waals surface area contributed by atoms with Crippen LogP contribution in [0.3, 0.4) is 0 Å². The van der Waals surface area contributed by atoms with E-state index < -0.39 is 0 Å². The van der Waals surface area contributed by atoms with E-state index in [0.717, 1.165) is 37.4 Å². The summed E-state index contributed by atoms with van der Waals surface area (Å²) >= 11 is 0. The first kappa shape index (κ1) is 14.1. The van der Waals surface area contributed by atoms with E-state index >= 15 is 0 Å². The Bertz CT molecular complexity index is 404. The van der Waals surface area contributed by atoms with Crippen LogP contribution in [0.25, 0.3) is 0 Å². The minimum absolute atomic E-state index is 0.327. The van der Waals surface area contributed by atoms with Crippen molar-refractivity contribution in [1.82, 2.24) is 9.97 Å². The lowest BCUT2D eigenvalue weighted by Gasteiger charge is -2.23. The fourth-order valence-corrected chi connectivity index (χ4v) is 2.32. The van der Waals surface area contributed by atoms with Crippen LogP contribution in [0.1, 0.15) is 38.2 Å². The molecule has 1 aromatic rings. The molecule has 1 aliphatic rings. The summed E-state index contributed by atoms with van der Waals surface area (Å²) in [4.78, 5) is 8.54. The van der Waals surface area contributed by atoms with Gasteiger partial charge in [0.2, 0.25) is 5.88 Å². The van der Waals surface area contributed by atoms with Crippen LogP contribution >= 0.6 is 0 Å². The first-order valence-corrected chi connectivity index (χ1v) is 6.95. The Morgan fingerprint density at radius 1 is 1.37 bits per heavy atom. The molecule has 19 heavy (non-hydrogen) atoms. The molecule has 1 fully saturated rings. The van der Waals surface area contributed by atoms with Gasteiger partial charge >= 0.3 is 0 Å². The Morgan fingerprint density at radius 3 is 2.74 bits per heavy atom. The molecule has 0 aliphatic carbocycles. The van der Waals surface area contributed by atoms with Crippen LogP contribution in [0.15, 0.2) is 6.33 Å². The maximum Gasteiger partial charge on any atom is 0.222 e. The summed E-state index contributed by atoms with van der Waals surface area (Å²) in [6, 6.07) is 0. The van der Waals surface area contributed by atoms with Gasteiger partial charge in [-0.15, -0.1) is 0 Å². The third-order valence-electron chi connectivity index (χ3n) is 3.46. The molecule has 0 aromatic carbocycles. The van der Waals surface area contributed by atoms with Gasteiger partial charge in [-0.1, -0.05) is 13.8 Å². The Balaban J connectivity index is 2.06. The molecule has 0 spiro atoms. The average Bonchev–Trinajstić information content (AvgIpc) is 2.45. The van der Waals surface area contributed by atoms with Crippen LogP contribution in [0, 0.1) is 5.92 Å². The molecule has 1 N–H and O–H groups in total. The fraction of sp³-hybridized carbons (Fsp3) is 0.714. The van der Waals surface area contributed by atoms with E-state index in [4.69, 9.17) is 9.47 Å². The molecule has 2 rings (SSSR count). The molecule has 106 valence electrons. The van der Waals surface area contributed by atoms with Gasteiger partial charge in [-0.3, -0.25) is 0 Å². The molecule has 5 heteroatoms. The van der Waals surface area contributed by atoms with Crippen molar-refractivity contribution in [2.75, 3.05) is 32.2 Å². The first-order chi connectivity index (χ1) is 9.22. The topological polar surface area (TPSA) is 56.3 Å². The molecule has 5 nitrogen and oxygen atoms in total. The standard InChI is InChI=1S/C14H23N3O2/c1-10(2)12-13(15-3)16-9-17-14(12)19-8-11-4-6-18-7-5-11/h9-11H,4-8H2,1-3H3,(H,15,16,17). The van der Waals surface area contributed by atoms with E-state index in [1.807, 2.05) is 7.05 Å². The Kier molecular flexibility index (Phi) is 4.96. The predicted molar refractivity (Wildman–Crippen MR) is 74.7 cm³/mol. The molecule has 2 heterocycles. The van der Waals surface area contributed by atoms with Crippen LogP contribution in [-0.4, -0.2) is 36.8 Å². The Labute approximate surface area is 114 Å². The molecule has 0 amide bonds. The molecule has 0 radical (unpaired) electrons. The molecule has 0 bridgehead atoms. The largest absolute Gasteiger partial charge is 0.477 e. The van der Waals surface area contributed by atoms with Crippen molar-refractivity contribution in [3.8, 4) is 5.88 Å². The number of nitrogens with one attached hydrogen (secondary N) is 1. The second-order valence-electron chi connectivity index (χ2n) is 5.21. The van der Waals surface area contributed by atoms with Gasteiger partial charge in [0.15, 0.2) is 0 Å². The van der Waals surface area contributed by atoms with Gasteiger partial charge in [0, 0.05) is 20.3 Å². The van der Waals surface area contributed by atoms with Gasteiger partial charge in [0.05, 0.1) is 12.2 Å². The van der Waals surface area contributed by atoms with Crippen molar-refractivity contribution in [1.29, 1.82) is 0 Å². The number of nitrogens with zero attached hydrogens (tertiary/aromatic N) is 2. The van der Waals surface area contributed by atoms with Gasteiger partial charge in [0.1, 0.15) is 12.1 Å². The van der Waals surface area contributed by atoms with Crippen LogP contribution in [0.4, 0.5) is 5.82 Å². The number of rotatable bonds is 5. The molecule has 0 atom stereocenters. The second kappa shape index (κ2) is 6.70. The summed E-state index contributed by atoms with van der Waals surface area (Å²) in [7, 11) is 1.87. The summed E-state index contributed by atoms with van der Waals surface area (Å²) in [5.41, 5.74) is 1.05. The van der Waals surface area contributed by atoms with Crippen molar-refractivity contribution >= 4 is 5.82 Å². The summed E-state index contributed by atoms with van der Waals surface area (Å²) < 4.78 is 11.3. The van der Waals surface area contributed by atoms with E-state index in [0.29, 0.717) is 24.3 Å². The highest BCUT2D eigenvalue weighted by Crippen LogP contribution is 2.30. The van der Waals surface area contributed by atoms with Crippen LogP contribution < -0.4 is 10.1 Å². The SMILES string of the molecule is CNc1ncnc(OCC2CCOCC2)c1C(C)C. The normalized spacial score (nSPS) is 16.6. The van der Waals surface area contributed by atoms with Crippen molar-refractivity contribution in [3.63, 3.8) is 0 Å². The average molecular weight is 265 g/mol. The van der Waals surface area contributed by atoms with Gasteiger partial charge in [-0.05, 0) is 24.7 Å². The van der Waals surface area contributed by atoms with E-state index in [2.05, 4.69) is 29.1 Å². The summed E-state index contributed by atoms with van der Waals surface area (Å²) in [6.07, 6.45) is 3.69. The van der Waals surface area contributed by atoms with Gasteiger partial charge in [0.25, 0.3) is 0 Å². The van der Waals surface area contributed by atoms with Crippen LogP contribution in [0.5, 0.6) is 5.88 Å². The Morgan fingerprint density at radius 2 is 2.11 bits per heavy atom. The first-order valence-electron chi connectivity index (χ1n) is 6.95. The number of anilines is 1. The van der Waals surface area contributed by atoms with Crippen molar-refractivity contribution < 1.29 is 9.47 Å². The van der Waals surface area contributed by atoms with Crippen LogP contribution in [0.2, 0.25) is 0 Å². The second-order valence-corrected chi connectivity index (χ2v) is 5.21. The van der Waals surface area contributed by atoms with Crippen molar-refractivity contribution in [2.45, 2.75) is 32.6 Å². The zero-order valence-corrected chi connectivity index (χ0v) is 12.0. The number of aromatic nitrogens is 2. The third-order valence-corrected chi connectivity index (χ3v) is 3.46. The minimum atomic E-state index is 0.327. The molecular weight excluding hydrogens is 242 g/mol.